The summed E-state index contributed by atoms with van der Waals surface area (Å²) in [5.41, 5.74) is 7.64. The average molecular weight is 264 g/mol. The fraction of sp³-hybridized carbons (Fsp3) is 0.385. The average Bonchev–Trinajstić information content (AvgIpc) is 2.81. The zero-order chi connectivity index (χ0) is 13.8. The van der Waals surface area contributed by atoms with Gasteiger partial charge in [0.1, 0.15) is 5.82 Å². The number of hydrogen-bond donors (Lipinski definition) is 2. The van der Waals surface area contributed by atoms with Crippen LogP contribution in [0.5, 0.6) is 0 Å². The van der Waals surface area contributed by atoms with Gasteiger partial charge in [0, 0.05) is 6.54 Å². The summed E-state index contributed by atoms with van der Waals surface area (Å²) in [4.78, 5) is 0. The van der Waals surface area contributed by atoms with Gasteiger partial charge in [0.15, 0.2) is 0 Å². The Morgan fingerprint density at radius 3 is 2.84 bits per heavy atom. The number of aryl methyl sites for hydroxylation is 1. The SMILES string of the molecule is Cc1cc(F)ccc1CCNc1nnc(C(C)N)o1. The van der Waals surface area contributed by atoms with Crippen molar-refractivity contribution in [2.45, 2.75) is 26.3 Å². The van der Waals surface area contributed by atoms with Crippen LogP contribution in [-0.2, 0) is 6.42 Å². The van der Waals surface area contributed by atoms with Crippen molar-refractivity contribution in [1.29, 1.82) is 0 Å². The number of nitrogens with zero attached hydrogens (tertiary/aromatic N) is 2. The van der Waals surface area contributed by atoms with E-state index in [4.69, 9.17) is 10.2 Å². The van der Waals surface area contributed by atoms with Crippen molar-refractivity contribution in [1.82, 2.24) is 10.2 Å². The minimum Gasteiger partial charge on any atom is -0.406 e. The Hall–Kier alpha value is -1.95. The van der Waals surface area contributed by atoms with Crippen LogP contribution in [0.4, 0.5) is 10.4 Å². The maximum atomic E-state index is 13.0. The summed E-state index contributed by atoms with van der Waals surface area (Å²) in [7, 11) is 0. The van der Waals surface area contributed by atoms with Crippen LogP contribution >= 0.6 is 0 Å². The van der Waals surface area contributed by atoms with Crippen molar-refractivity contribution >= 4 is 6.01 Å². The van der Waals surface area contributed by atoms with Crippen molar-refractivity contribution in [3.8, 4) is 0 Å². The second kappa shape index (κ2) is 5.79. The van der Waals surface area contributed by atoms with Crippen LogP contribution in [0.1, 0.15) is 30.0 Å². The highest BCUT2D eigenvalue weighted by molar-refractivity contribution is 5.28. The van der Waals surface area contributed by atoms with Crippen LogP contribution in [0.2, 0.25) is 0 Å². The second-order valence-electron chi connectivity index (χ2n) is 4.48. The predicted octanol–water partition coefficient (Wildman–Crippen LogP) is 2.19. The highest BCUT2D eigenvalue weighted by Crippen LogP contribution is 2.13. The molecule has 0 radical (unpaired) electrons. The number of nitrogens with two attached hydrogens (primary N) is 1. The normalized spacial score (nSPS) is 12.4. The molecule has 0 saturated carbocycles. The van der Waals surface area contributed by atoms with Gasteiger partial charge in [-0.1, -0.05) is 11.2 Å². The number of aromatic nitrogens is 2. The molecule has 1 atom stereocenters. The lowest BCUT2D eigenvalue weighted by Gasteiger charge is -2.06. The first kappa shape index (κ1) is 13.5. The molecule has 0 aliphatic rings. The van der Waals surface area contributed by atoms with Crippen LogP contribution in [-0.4, -0.2) is 16.7 Å². The van der Waals surface area contributed by atoms with E-state index in [1.165, 1.54) is 12.1 Å². The smallest absolute Gasteiger partial charge is 0.315 e. The molecule has 1 heterocycles. The molecule has 5 nitrogen and oxygen atoms in total. The Kier molecular flexibility index (Phi) is 4.11. The van der Waals surface area contributed by atoms with E-state index in [9.17, 15) is 4.39 Å². The minimum absolute atomic E-state index is 0.215. The Bertz CT molecular complexity index is 553. The first-order chi connectivity index (χ1) is 9.06. The van der Waals surface area contributed by atoms with Gasteiger partial charge in [0.25, 0.3) is 0 Å². The summed E-state index contributed by atoms with van der Waals surface area (Å²) < 4.78 is 18.3. The maximum Gasteiger partial charge on any atom is 0.315 e. The van der Waals surface area contributed by atoms with E-state index in [1.807, 2.05) is 6.92 Å². The molecule has 0 bridgehead atoms. The van der Waals surface area contributed by atoms with Crippen LogP contribution in [0.25, 0.3) is 0 Å². The van der Waals surface area contributed by atoms with Gasteiger partial charge in [-0.05, 0) is 43.5 Å². The largest absolute Gasteiger partial charge is 0.406 e. The fourth-order valence-electron chi connectivity index (χ4n) is 1.73. The third-order valence-electron chi connectivity index (χ3n) is 2.81. The molecular weight excluding hydrogens is 247 g/mol. The second-order valence-corrected chi connectivity index (χ2v) is 4.48. The van der Waals surface area contributed by atoms with Gasteiger partial charge in [0.05, 0.1) is 6.04 Å². The maximum absolute atomic E-state index is 13.0. The molecule has 1 unspecified atom stereocenters. The summed E-state index contributed by atoms with van der Waals surface area (Å²) >= 11 is 0. The molecule has 19 heavy (non-hydrogen) atoms. The number of rotatable bonds is 5. The van der Waals surface area contributed by atoms with Crippen molar-refractivity contribution in [2.24, 2.45) is 5.73 Å². The molecule has 2 aromatic rings. The van der Waals surface area contributed by atoms with E-state index in [0.717, 1.165) is 17.5 Å². The van der Waals surface area contributed by atoms with Crippen LogP contribution < -0.4 is 11.1 Å². The molecule has 0 fully saturated rings. The Morgan fingerprint density at radius 2 is 2.21 bits per heavy atom. The fourth-order valence-corrected chi connectivity index (χ4v) is 1.73. The van der Waals surface area contributed by atoms with E-state index < -0.39 is 0 Å². The van der Waals surface area contributed by atoms with E-state index in [0.29, 0.717) is 18.5 Å². The molecule has 102 valence electrons. The van der Waals surface area contributed by atoms with Gasteiger partial charge >= 0.3 is 6.01 Å². The quantitative estimate of drug-likeness (QED) is 0.865. The van der Waals surface area contributed by atoms with E-state index in [-0.39, 0.29) is 11.9 Å². The molecule has 1 aromatic carbocycles. The monoisotopic (exact) mass is 264 g/mol. The number of benzene rings is 1. The molecule has 0 amide bonds. The minimum atomic E-state index is -0.276. The molecular formula is C13H17FN4O. The summed E-state index contributed by atoms with van der Waals surface area (Å²) in [5, 5.41) is 10.7. The van der Waals surface area contributed by atoms with Crippen molar-refractivity contribution in [2.75, 3.05) is 11.9 Å². The van der Waals surface area contributed by atoms with Crippen LogP contribution in [0.3, 0.4) is 0 Å². The van der Waals surface area contributed by atoms with Gasteiger partial charge < -0.3 is 15.5 Å². The lowest BCUT2D eigenvalue weighted by molar-refractivity contribution is 0.473. The van der Waals surface area contributed by atoms with Crippen LogP contribution in [0, 0.1) is 12.7 Å². The van der Waals surface area contributed by atoms with Gasteiger partial charge in [0.2, 0.25) is 5.89 Å². The molecule has 0 aliphatic heterocycles. The first-order valence-corrected chi connectivity index (χ1v) is 6.14. The van der Waals surface area contributed by atoms with Gasteiger partial charge in [-0.15, -0.1) is 5.10 Å². The van der Waals surface area contributed by atoms with E-state index >= 15 is 0 Å². The zero-order valence-corrected chi connectivity index (χ0v) is 11.0. The molecule has 6 heteroatoms. The molecule has 0 saturated heterocycles. The van der Waals surface area contributed by atoms with Crippen molar-refractivity contribution in [3.05, 3.63) is 41.0 Å². The van der Waals surface area contributed by atoms with Crippen molar-refractivity contribution in [3.63, 3.8) is 0 Å². The topological polar surface area (TPSA) is 77.0 Å². The highest BCUT2D eigenvalue weighted by Gasteiger charge is 2.09. The Labute approximate surface area is 111 Å². The Morgan fingerprint density at radius 1 is 1.42 bits per heavy atom. The standard InChI is InChI=1S/C13H17FN4O/c1-8-7-11(14)4-3-10(8)5-6-16-13-18-17-12(19-13)9(2)15/h3-4,7,9H,5-6,15H2,1-2H3,(H,16,18). The molecule has 3 N–H and O–H groups in total. The van der Waals surface area contributed by atoms with Crippen LogP contribution in [0.15, 0.2) is 22.6 Å². The summed E-state index contributed by atoms with van der Waals surface area (Å²) in [5.74, 6) is 0.188. The number of hydrogen-bond acceptors (Lipinski definition) is 5. The highest BCUT2D eigenvalue weighted by atomic mass is 19.1. The van der Waals surface area contributed by atoms with Crippen molar-refractivity contribution < 1.29 is 8.81 Å². The lowest BCUT2D eigenvalue weighted by Crippen LogP contribution is -2.06. The Balaban J connectivity index is 1.89. The molecule has 1 aromatic heterocycles. The lowest BCUT2D eigenvalue weighted by atomic mass is 10.1. The van der Waals surface area contributed by atoms with E-state index in [2.05, 4.69) is 15.5 Å². The summed E-state index contributed by atoms with van der Waals surface area (Å²) in [6.45, 7) is 4.30. The zero-order valence-electron chi connectivity index (χ0n) is 11.0. The molecule has 2 rings (SSSR count). The number of halogens is 1. The molecule has 0 spiro atoms. The third kappa shape index (κ3) is 3.51. The number of anilines is 1. The van der Waals surface area contributed by atoms with Gasteiger partial charge in [-0.2, -0.15) is 0 Å². The molecule has 0 aliphatic carbocycles. The third-order valence-corrected chi connectivity index (χ3v) is 2.81. The summed E-state index contributed by atoms with van der Waals surface area (Å²) in [6, 6.07) is 4.85. The number of nitrogens with one attached hydrogen (secondary N) is 1. The first-order valence-electron chi connectivity index (χ1n) is 6.14. The summed E-state index contributed by atoms with van der Waals surface area (Å²) in [6.07, 6.45) is 0.752. The van der Waals surface area contributed by atoms with E-state index in [1.54, 1.807) is 13.0 Å². The van der Waals surface area contributed by atoms with Gasteiger partial charge in [-0.3, -0.25) is 0 Å². The predicted molar refractivity (Wildman–Crippen MR) is 70.2 cm³/mol. The van der Waals surface area contributed by atoms with Gasteiger partial charge in [-0.25, -0.2) is 4.39 Å².